The summed E-state index contributed by atoms with van der Waals surface area (Å²) in [4.78, 5) is 0. The maximum atomic E-state index is 10.1. The number of anilines is 1. The van der Waals surface area contributed by atoms with Crippen LogP contribution >= 0.6 is 0 Å². The van der Waals surface area contributed by atoms with Gasteiger partial charge in [0.25, 0.3) is 0 Å². The van der Waals surface area contributed by atoms with Gasteiger partial charge in [0, 0.05) is 16.8 Å². The number of ether oxygens (including phenoxy) is 1. The number of aliphatic hydroxyl groups excluding tert-OH is 1. The standard InChI is InChI=1S/C20H23NO2/c1-13-11-20(2,3)21-17-10-9-14(16(12-22)19(13)17)15-7-5-6-8-18(15)23-4/h5-11,21-22H,12H2,1-4H3. The van der Waals surface area contributed by atoms with Gasteiger partial charge in [-0.05, 0) is 49.6 Å². The van der Waals surface area contributed by atoms with Crippen molar-refractivity contribution in [3.05, 3.63) is 53.6 Å². The van der Waals surface area contributed by atoms with E-state index in [1.54, 1.807) is 7.11 Å². The molecule has 2 N–H and O–H groups in total. The van der Waals surface area contributed by atoms with Crippen LogP contribution < -0.4 is 10.1 Å². The summed E-state index contributed by atoms with van der Waals surface area (Å²) < 4.78 is 5.49. The number of nitrogens with one attached hydrogen (secondary N) is 1. The molecule has 0 spiro atoms. The lowest BCUT2D eigenvalue weighted by Gasteiger charge is -2.33. The zero-order valence-corrected chi connectivity index (χ0v) is 14.1. The molecule has 0 aliphatic carbocycles. The third-order valence-electron chi connectivity index (χ3n) is 4.30. The van der Waals surface area contributed by atoms with Crippen LogP contribution in [0.3, 0.4) is 0 Å². The minimum atomic E-state index is -0.0875. The molecule has 0 bridgehead atoms. The fourth-order valence-corrected chi connectivity index (χ4v) is 3.48. The van der Waals surface area contributed by atoms with E-state index < -0.39 is 0 Å². The van der Waals surface area contributed by atoms with Gasteiger partial charge in [-0.2, -0.15) is 0 Å². The smallest absolute Gasteiger partial charge is 0.126 e. The lowest BCUT2D eigenvalue weighted by molar-refractivity contribution is 0.282. The SMILES string of the molecule is COc1ccccc1-c1ccc2c(c1CO)C(C)=CC(C)(C)N2. The van der Waals surface area contributed by atoms with Gasteiger partial charge >= 0.3 is 0 Å². The van der Waals surface area contributed by atoms with E-state index in [0.717, 1.165) is 33.7 Å². The van der Waals surface area contributed by atoms with Crippen LogP contribution in [0.2, 0.25) is 0 Å². The molecule has 0 saturated heterocycles. The van der Waals surface area contributed by atoms with Gasteiger partial charge in [-0.3, -0.25) is 0 Å². The lowest BCUT2D eigenvalue weighted by atomic mass is 9.85. The maximum absolute atomic E-state index is 10.1. The van der Waals surface area contributed by atoms with Crippen LogP contribution in [0.1, 0.15) is 31.9 Å². The van der Waals surface area contributed by atoms with Crippen molar-refractivity contribution in [1.82, 2.24) is 0 Å². The summed E-state index contributed by atoms with van der Waals surface area (Å²) in [5.74, 6) is 0.813. The highest BCUT2D eigenvalue weighted by Crippen LogP contribution is 2.42. The molecule has 1 aliphatic rings. The molecule has 3 rings (SSSR count). The fourth-order valence-electron chi connectivity index (χ4n) is 3.48. The monoisotopic (exact) mass is 309 g/mol. The number of aliphatic hydroxyl groups is 1. The summed E-state index contributed by atoms with van der Waals surface area (Å²) in [6, 6.07) is 12.1. The van der Waals surface area contributed by atoms with E-state index in [1.807, 2.05) is 24.3 Å². The Labute approximate surface area is 137 Å². The number of allylic oxidation sites excluding steroid dienone is 1. The van der Waals surface area contributed by atoms with Crippen molar-refractivity contribution >= 4 is 11.3 Å². The number of rotatable bonds is 3. The molecule has 0 amide bonds. The highest BCUT2D eigenvalue weighted by atomic mass is 16.5. The molecule has 1 aliphatic heterocycles. The molecule has 0 fully saturated rings. The van der Waals surface area contributed by atoms with Gasteiger partial charge in [0.1, 0.15) is 5.75 Å². The first-order chi connectivity index (χ1) is 11.0. The van der Waals surface area contributed by atoms with E-state index in [4.69, 9.17) is 4.74 Å². The topological polar surface area (TPSA) is 41.5 Å². The van der Waals surface area contributed by atoms with Crippen molar-refractivity contribution in [2.45, 2.75) is 32.9 Å². The second-order valence-electron chi connectivity index (χ2n) is 6.55. The molecule has 2 aromatic carbocycles. The Bertz CT molecular complexity index is 775. The maximum Gasteiger partial charge on any atom is 0.126 e. The summed E-state index contributed by atoms with van der Waals surface area (Å²) in [6.45, 7) is 6.38. The molecule has 120 valence electrons. The molecule has 2 aromatic rings. The van der Waals surface area contributed by atoms with Crippen molar-refractivity contribution < 1.29 is 9.84 Å². The van der Waals surface area contributed by atoms with Gasteiger partial charge in [0.15, 0.2) is 0 Å². The second-order valence-corrected chi connectivity index (χ2v) is 6.55. The average molecular weight is 309 g/mol. The van der Waals surface area contributed by atoms with E-state index in [0.29, 0.717) is 0 Å². The normalized spacial score (nSPS) is 15.4. The van der Waals surface area contributed by atoms with Crippen LogP contribution in [0.25, 0.3) is 16.7 Å². The number of para-hydroxylation sites is 1. The highest BCUT2D eigenvalue weighted by Gasteiger charge is 2.26. The molecule has 0 radical (unpaired) electrons. The molecule has 3 heteroatoms. The molecule has 0 atom stereocenters. The molecule has 23 heavy (non-hydrogen) atoms. The van der Waals surface area contributed by atoms with E-state index in [2.05, 4.69) is 44.3 Å². The molecule has 3 nitrogen and oxygen atoms in total. The highest BCUT2D eigenvalue weighted by molar-refractivity contribution is 5.88. The first-order valence-electron chi connectivity index (χ1n) is 7.85. The van der Waals surface area contributed by atoms with E-state index in [-0.39, 0.29) is 12.1 Å². The van der Waals surface area contributed by atoms with Gasteiger partial charge in [-0.1, -0.05) is 30.3 Å². The van der Waals surface area contributed by atoms with Crippen LogP contribution in [0.15, 0.2) is 42.5 Å². The third kappa shape index (κ3) is 2.73. The van der Waals surface area contributed by atoms with Crippen LogP contribution in [-0.2, 0) is 6.61 Å². The van der Waals surface area contributed by atoms with Gasteiger partial charge in [0.05, 0.1) is 19.3 Å². The van der Waals surface area contributed by atoms with Crippen LogP contribution in [-0.4, -0.2) is 17.8 Å². The van der Waals surface area contributed by atoms with Crippen molar-refractivity contribution in [3.63, 3.8) is 0 Å². The molecular weight excluding hydrogens is 286 g/mol. The van der Waals surface area contributed by atoms with Crippen LogP contribution in [0.5, 0.6) is 5.75 Å². The first-order valence-corrected chi connectivity index (χ1v) is 7.85. The number of benzene rings is 2. The zero-order chi connectivity index (χ0) is 16.6. The molecular formula is C20H23NO2. The van der Waals surface area contributed by atoms with Crippen molar-refractivity contribution in [2.75, 3.05) is 12.4 Å². The summed E-state index contributed by atoms with van der Waals surface area (Å²) in [5.41, 5.74) is 6.20. The van der Waals surface area contributed by atoms with Gasteiger partial charge in [-0.15, -0.1) is 0 Å². The van der Waals surface area contributed by atoms with Gasteiger partial charge in [0.2, 0.25) is 0 Å². The minimum Gasteiger partial charge on any atom is -0.496 e. The largest absolute Gasteiger partial charge is 0.496 e. The Morgan fingerprint density at radius 2 is 1.83 bits per heavy atom. The molecule has 0 aromatic heterocycles. The van der Waals surface area contributed by atoms with E-state index >= 15 is 0 Å². The summed E-state index contributed by atoms with van der Waals surface area (Å²) in [7, 11) is 1.67. The van der Waals surface area contributed by atoms with E-state index in [9.17, 15) is 5.11 Å². The Hall–Kier alpha value is -2.26. The van der Waals surface area contributed by atoms with Crippen molar-refractivity contribution in [3.8, 4) is 16.9 Å². The Morgan fingerprint density at radius 3 is 2.52 bits per heavy atom. The number of hydrogen-bond acceptors (Lipinski definition) is 3. The predicted octanol–water partition coefficient (Wildman–Crippen LogP) is 4.46. The van der Waals surface area contributed by atoms with Crippen molar-refractivity contribution in [2.24, 2.45) is 0 Å². The van der Waals surface area contributed by atoms with E-state index in [1.165, 1.54) is 5.57 Å². The summed E-state index contributed by atoms with van der Waals surface area (Å²) >= 11 is 0. The lowest BCUT2D eigenvalue weighted by Crippen LogP contribution is -2.31. The zero-order valence-electron chi connectivity index (χ0n) is 14.1. The Balaban J connectivity index is 2.24. The number of methoxy groups -OCH3 is 1. The van der Waals surface area contributed by atoms with Crippen LogP contribution in [0.4, 0.5) is 5.69 Å². The van der Waals surface area contributed by atoms with Crippen LogP contribution in [0, 0.1) is 0 Å². The minimum absolute atomic E-state index is 0.0101. The third-order valence-corrected chi connectivity index (χ3v) is 4.30. The molecule has 0 unspecified atom stereocenters. The second kappa shape index (κ2) is 5.74. The average Bonchev–Trinajstić information content (AvgIpc) is 2.52. The Morgan fingerprint density at radius 1 is 1.09 bits per heavy atom. The summed E-state index contributed by atoms with van der Waals surface area (Å²) in [6.07, 6.45) is 2.21. The Kier molecular flexibility index (Phi) is 3.90. The fraction of sp³-hybridized carbons (Fsp3) is 0.300. The van der Waals surface area contributed by atoms with Crippen molar-refractivity contribution in [1.29, 1.82) is 0 Å². The quantitative estimate of drug-likeness (QED) is 0.879. The molecule has 1 heterocycles. The predicted molar refractivity (Wildman–Crippen MR) is 95.7 cm³/mol. The number of hydrogen-bond donors (Lipinski definition) is 2. The van der Waals surface area contributed by atoms with Gasteiger partial charge in [-0.25, -0.2) is 0 Å². The molecule has 0 saturated carbocycles. The number of fused-ring (bicyclic) bond motifs is 1. The summed E-state index contributed by atoms with van der Waals surface area (Å²) in [5, 5.41) is 13.6. The first kappa shape index (κ1) is 15.6. The van der Waals surface area contributed by atoms with Gasteiger partial charge < -0.3 is 15.2 Å².